The number of aromatic nitrogens is 2. The van der Waals surface area contributed by atoms with Crippen LogP contribution in [0.1, 0.15) is 40.9 Å². The van der Waals surface area contributed by atoms with Gasteiger partial charge in [0.15, 0.2) is 0 Å². The number of fused-ring (bicyclic) bond motifs is 1. The number of carbonyl (C=O) groups excluding carboxylic acids is 1. The van der Waals surface area contributed by atoms with E-state index in [4.69, 9.17) is 0 Å². The lowest BCUT2D eigenvalue weighted by molar-refractivity contribution is 0.0775. The second-order valence-electron chi connectivity index (χ2n) is 8.47. The zero-order chi connectivity index (χ0) is 21.4. The van der Waals surface area contributed by atoms with Gasteiger partial charge in [-0.05, 0) is 56.1 Å². The molecule has 1 amide bonds. The average molecular weight is 420 g/mol. The Morgan fingerprint density at radius 1 is 1.10 bits per heavy atom. The Morgan fingerprint density at radius 2 is 1.87 bits per heavy atom. The third-order valence-corrected chi connectivity index (χ3v) is 6.52. The predicted molar refractivity (Wildman–Crippen MR) is 117 cm³/mol. The molecule has 2 fully saturated rings. The molecule has 0 spiro atoms. The molecule has 0 unspecified atom stereocenters. The maximum absolute atomic E-state index is 14.6. The molecule has 7 heteroatoms. The van der Waals surface area contributed by atoms with Gasteiger partial charge in [0.1, 0.15) is 5.82 Å². The first-order chi connectivity index (χ1) is 15.1. The minimum absolute atomic E-state index is 0.105. The molecule has 0 saturated carbocycles. The Morgan fingerprint density at radius 3 is 2.68 bits per heavy atom. The van der Waals surface area contributed by atoms with Crippen LogP contribution < -0.4 is 5.56 Å². The van der Waals surface area contributed by atoms with Crippen molar-refractivity contribution in [3.63, 3.8) is 0 Å². The first-order valence-corrected chi connectivity index (χ1v) is 10.9. The van der Waals surface area contributed by atoms with Gasteiger partial charge in [-0.25, -0.2) is 9.49 Å². The quantitative estimate of drug-likeness (QED) is 0.705. The molecule has 0 radical (unpaired) electrons. The Labute approximate surface area is 179 Å². The number of rotatable bonds is 4. The van der Waals surface area contributed by atoms with E-state index >= 15 is 0 Å². The van der Waals surface area contributed by atoms with E-state index in [2.05, 4.69) is 15.1 Å². The molecule has 160 valence electrons. The lowest BCUT2D eigenvalue weighted by Gasteiger charge is -2.23. The number of nitrogens with one attached hydrogen (secondary N) is 1. The fraction of sp³-hybridized carbons (Fsp3) is 0.375. The fourth-order valence-corrected chi connectivity index (χ4v) is 4.85. The highest BCUT2D eigenvalue weighted by molar-refractivity contribution is 5.95. The summed E-state index contributed by atoms with van der Waals surface area (Å²) in [5.41, 5.74) is 1.34. The standard InChI is InChI=1S/C24H25FN4O2/c25-21-8-7-16(14-22-18-5-1-2-6-19(18)23(30)27-26-22)13-20(21)24(31)29-12-9-17(15-29)28-10-3-4-11-28/h1-2,5-8,13,17H,3-4,9-12,14-15H2,(H,27,30)/t17-/m1/s1. The molecule has 6 nitrogen and oxygen atoms in total. The first-order valence-electron chi connectivity index (χ1n) is 10.9. The van der Waals surface area contributed by atoms with E-state index in [9.17, 15) is 14.0 Å². The molecule has 2 aliphatic rings. The largest absolute Gasteiger partial charge is 0.337 e. The van der Waals surface area contributed by atoms with Gasteiger partial charge in [-0.15, -0.1) is 0 Å². The first kappa shape index (κ1) is 19.9. The van der Waals surface area contributed by atoms with Crippen LogP contribution in [0.4, 0.5) is 4.39 Å². The Hall–Kier alpha value is -3.06. The number of benzene rings is 2. The van der Waals surface area contributed by atoms with Crippen molar-refractivity contribution >= 4 is 16.7 Å². The number of carbonyl (C=O) groups is 1. The van der Waals surface area contributed by atoms with Crippen LogP contribution in [-0.4, -0.2) is 58.1 Å². The normalized spacial score (nSPS) is 19.4. The Bertz CT molecular complexity index is 1190. The van der Waals surface area contributed by atoms with Gasteiger partial charge in [-0.3, -0.25) is 14.5 Å². The van der Waals surface area contributed by atoms with E-state index in [1.807, 2.05) is 18.2 Å². The molecule has 0 bridgehead atoms. The number of H-pyrrole nitrogens is 1. The van der Waals surface area contributed by atoms with Gasteiger partial charge in [0.25, 0.3) is 11.5 Å². The van der Waals surface area contributed by atoms with Crippen LogP contribution in [0.15, 0.2) is 47.3 Å². The van der Waals surface area contributed by atoms with E-state index in [1.54, 1.807) is 23.1 Å². The highest BCUT2D eigenvalue weighted by Gasteiger charge is 2.32. The molecule has 1 N–H and O–H groups in total. The van der Waals surface area contributed by atoms with Crippen molar-refractivity contribution in [2.75, 3.05) is 26.2 Å². The van der Waals surface area contributed by atoms with Crippen LogP contribution in [0.2, 0.25) is 0 Å². The van der Waals surface area contributed by atoms with Gasteiger partial charge in [0.2, 0.25) is 0 Å². The van der Waals surface area contributed by atoms with Crippen LogP contribution in [0, 0.1) is 5.82 Å². The van der Waals surface area contributed by atoms with E-state index < -0.39 is 5.82 Å². The van der Waals surface area contributed by atoms with Crippen LogP contribution in [0.25, 0.3) is 10.8 Å². The van der Waals surface area contributed by atoms with E-state index in [0.29, 0.717) is 36.6 Å². The summed E-state index contributed by atoms with van der Waals surface area (Å²) in [4.78, 5) is 29.3. The number of amides is 1. The van der Waals surface area contributed by atoms with Crippen molar-refractivity contribution in [3.8, 4) is 0 Å². The third kappa shape index (κ3) is 3.85. The molecule has 2 saturated heterocycles. The molecular weight excluding hydrogens is 395 g/mol. The number of likely N-dealkylation sites (tertiary alicyclic amines) is 2. The van der Waals surface area contributed by atoms with Gasteiger partial charge in [0, 0.05) is 30.9 Å². The molecule has 31 heavy (non-hydrogen) atoms. The van der Waals surface area contributed by atoms with E-state index in [0.717, 1.165) is 30.5 Å². The monoisotopic (exact) mass is 420 g/mol. The number of nitrogens with zero attached hydrogens (tertiary/aromatic N) is 3. The summed E-state index contributed by atoms with van der Waals surface area (Å²) in [6.45, 7) is 3.51. The summed E-state index contributed by atoms with van der Waals surface area (Å²) in [5, 5.41) is 8.05. The highest BCUT2D eigenvalue weighted by atomic mass is 19.1. The summed E-state index contributed by atoms with van der Waals surface area (Å²) in [6, 6.07) is 12.3. The minimum Gasteiger partial charge on any atom is -0.337 e. The second-order valence-corrected chi connectivity index (χ2v) is 8.47. The van der Waals surface area contributed by atoms with Crippen molar-refractivity contribution in [3.05, 3.63) is 75.5 Å². The SMILES string of the molecule is O=C(c1cc(Cc2n[nH]c(=O)c3ccccc23)ccc1F)N1CC[C@@H](N2CCCC2)C1. The van der Waals surface area contributed by atoms with Crippen LogP contribution in [0.3, 0.4) is 0 Å². The van der Waals surface area contributed by atoms with Gasteiger partial charge in [-0.1, -0.05) is 24.3 Å². The van der Waals surface area contributed by atoms with Crippen molar-refractivity contribution in [1.82, 2.24) is 20.0 Å². The fourth-order valence-electron chi connectivity index (χ4n) is 4.85. The molecule has 1 atom stereocenters. The maximum atomic E-state index is 14.6. The van der Waals surface area contributed by atoms with Gasteiger partial charge in [0.05, 0.1) is 16.6 Å². The van der Waals surface area contributed by atoms with Crippen molar-refractivity contribution in [2.45, 2.75) is 31.7 Å². The summed E-state index contributed by atoms with van der Waals surface area (Å²) in [7, 11) is 0. The number of hydrogen-bond donors (Lipinski definition) is 1. The van der Waals surface area contributed by atoms with Gasteiger partial charge < -0.3 is 4.90 Å². The van der Waals surface area contributed by atoms with Crippen LogP contribution in [0.5, 0.6) is 0 Å². The summed E-state index contributed by atoms with van der Waals surface area (Å²) < 4.78 is 14.6. The number of halogens is 1. The Balaban J connectivity index is 1.38. The summed E-state index contributed by atoms with van der Waals surface area (Å²) in [6.07, 6.45) is 3.78. The molecule has 0 aliphatic carbocycles. The van der Waals surface area contributed by atoms with Crippen LogP contribution >= 0.6 is 0 Å². The zero-order valence-corrected chi connectivity index (χ0v) is 17.3. The molecule has 3 heterocycles. The topological polar surface area (TPSA) is 69.3 Å². The number of aromatic amines is 1. The third-order valence-electron chi connectivity index (χ3n) is 6.52. The molecule has 5 rings (SSSR count). The Kier molecular flexibility index (Phi) is 5.28. The second kappa shape index (κ2) is 8.23. The van der Waals surface area contributed by atoms with Crippen molar-refractivity contribution in [1.29, 1.82) is 0 Å². The highest BCUT2D eigenvalue weighted by Crippen LogP contribution is 2.24. The molecule has 2 aliphatic heterocycles. The van der Waals surface area contributed by atoms with Gasteiger partial charge in [-0.2, -0.15) is 5.10 Å². The summed E-state index contributed by atoms with van der Waals surface area (Å²) in [5.74, 6) is -0.752. The van der Waals surface area contributed by atoms with Crippen LogP contribution in [-0.2, 0) is 6.42 Å². The van der Waals surface area contributed by atoms with E-state index in [1.165, 1.54) is 18.9 Å². The van der Waals surface area contributed by atoms with Crippen molar-refractivity contribution < 1.29 is 9.18 Å². The predicted octanol–water partition coefficient (Wildman–Crippen LogP) is 2.96. The molecule has 3 aromatic rings. The lowest BCUT2D eigenvalue weighted by Crippen LogP contribution is -2.37. The lowest BCUT2D eigenvalue weighted by atomic mass is 10.0. The smallest absolute Gasteiger partial charge is 0.272 e. The number of hydrogen-bond acceptors (Lipinski definition) is 4. The van der Waals surface area contributed by atoms with Gasteiger partial charge >= 0.3 is 0 Å². The molecule has 1 aromatic heterocycles. The molecular formula is C24H25FN4O2. The average Bonchev–Trinajstić information content (AvgIpc) is 3.49. The zero-order valence-electron chi connectivity index (χ0n) is 17.3. The molecule has 2 aromatic carbocycles. The minimum atomic E-state index is -0.502. The maximum Gasteiger partial charge on any atom is 0.272 e. The van der Waals surface area contributed by atoms with E-state index in [-0.39, 0.29) is 17.0 Å². The van der Waals surface area contributed by atoms with Crippen molar-refractivity contribution in [2.24, 2.45) is 0 Å². The summed E-state index contributed by atoms with van der Waals surface area (Å²) >= 11 is 0.